The molecule has 230 valence electrons. The lowest BCUT2D eigenvalue weighted by Crippen LogP contribution is -2.00. The van der Waals surface area contributed by atoms with Gasteiger partial charge in [0, 0.05) is 27.5 Å². The lowest BCUT2D eigenvalue weighted by Gasteiger charge is -2.09. The predicted molar refractivity (Wildman–Crippen MR) is 200 cm³/mol. The van der Waals surface area contributed by atoms with E-state index in [4.69, 9.17) is 19.4 Å². The summed E-state index contributed by atoms with van der Waals surface area (Å²) in [4.78, 5) is 14.8. The zero-order valence-corrected chi connectivity index (χ0v) is 26.5. The quantitative estimate of drug-likeness (QED) is 0.184. The number of nitrogens with zero attached hydrogens (tertiary/aromatic N) is 3. The monoisotopic (exact) mass is 627 g/mol. The van der Waals surface area contributed by atoms with Crippen molar-refractivity contribution < 1.29 is 4.42 Å². The molecule has 2 heterocycles. The van der Waals surface area contributed by atoms with Crippen molar-refractivity contribution in [2.45, 2.75) is 0 Å². The number of fused-ring (bicyclic) bond motifs is 3. The minimum atomic E-state index is 0.615. The number of aromatic nitrogens is 3. The third kappa shape index (κ3) is 5.45. The van der Waals surface area contributed by atoms with Gasteiger partial charge in [-0.1, -0.05) is 152 Å². The van der Waals surface area contributed by atoms with E-state index in [0.29, 0.717) is 17.5 Å². The molecular weight excluding hydrogens is 599 g/mol. The number of rotatable bonds is 6. The Labute approximate surface area is 284 Å². The van der Waals surface area contributed by atoms with Crippen LogP contribution in [0.25, 0.3) is 89.5 Å². The van der Waals surface area contributed by atoms with Gasteiger partial charge < -0.3 is 4.42 Å². The van der Waals surface area contributed by atoms with Gasteiger partial charge in [-0.3, -0.25) is 0 Å². The van der Waals surface area contributed by atoms with Gasteiger partial charge >= 0.3 is 0 Å². The molecule has 0 amide bonds. The maximum Gasteiger partial charge on any atom is 0.164 e. The highest BCUT2D eigenvalue weighted by molar-refractivity contribution is 6.13. The first-order chi connectivity index (χ1) is 24.3. The van der Waals surface area contributed by atoms with Crippen LogP contribution >= 0.6 is 0 Å². The van der Waals surface area contributed by atoms with E-state index < -0.39 is 0 Å². The smallest absolute Gasteiger partial charge is 0.164 e. The largest absolute Gasteiger partial charge is 0.456 e. The summed E-state index contributed by atoms with van der Waals surface area (Å²) >= 11 is 0. The molecule has 7 aromatic carbocycles. The Bertz CT molecular complexity index is 2500. The molecule has 0 atom stereocenters. The van der Waals surface area contributed by atoms with Gasteiger partial charge in [-0.2, -0.15) is 0 Å². The first-order valence-electron chi connectivity index (χ1n) is 16.4. The van der Waals surface area contributed by atoms with E-state index in [9.17, 15) is 0 Å². The summed E-state index contributed by atoms with van der Waals surface area (Å²) in [6, 6.07) is 60.6. The molecule has 4 nitrogen and oxygen atoms in total. The van der Waals surface area contributed by atoms with Gasteiger partial charge in [0.25, 0.3) is 0 Å². The van der Waals surface area contributed by atoms with Gasteiger partial charge in [0.2, 0.25) is 0 Å². The molecule has 9 aromatic rings. The zero-order chi connectivity index (χ0) is 32.6. The van der Waals surface area contributed by atoms with Crippen molar-refractivity contribution in [3.63, 3.8) is 0 Å². The fraction of sp³-hybridized carbons (Fsp3) is 0. The van der Waals surface area contributed by atoms with Gasteiger partial charge in [-0.15, -0.1) is 0 Å². The molecular formula is C45H29N3O. The van der Waals surface area contributed by atoms with Crippen molar-refractivity contribution in [2.75, 3.05) is 0 Å². The third-order valence-corrected chi connectivity index (χ3v) is 8.97. The van der Waals surface area contributed by atoms with Crippen LogP contribution in [0.4, 0.5) is 0 Å². The third-order valence-electron chi connectivity index (χ3n) is 8.97. The maximum absolute atomic E-state index is 6.38. The fourth-order valence-electron chi connectivity index (χ4n) is 6.47. The molecule has 0 aliphatic heterocycles. The van der Waals surface area contributed by atoms with E-state index in [2.05, 4.69) is 91.0 Å². The van der Waals surface area contributed by atoms with E-state index in [1.165, 1.54) is 22.3 Å². The molecule has 0 saturated carbocycles. The summed E-state index contributed by atoms with van der Waals surface area (Å²) in [6.07, 6.45) is 0. The Morgan fingerprint density at radius 1 is 0.306 bits per heavy atom. The Kier molecular flexibility index (Phi) is 7.10. The van der Waals surface area contributed by atoms with Crippen LogP contribution in [0.2, 0.25) is 0 Å². The van der Waals surface area contributed by atoms with Crippen LogP contribution in [0.3, 0.4) is 0 Å². The molecule has 9 rings (SSSR count). The molecule has 0 aliphatic rings. The summed E-state index contributed by atoms with van der Waals surface area (Å²) in [6.45, 7) is 0. The molecule has 0 saturated heterocycles. The second-order valence-corrected chi connectivity index (χ2v) is 12.1. The van der Waals surface area contributed by atoms with Crippen LogP contribution in [0.5, 0.6) is 0 Å². The molecule has 0 spiro atoms. The molecule has 4 heteroatoms. The minimum absolute atomic E-state index is 0.615. The molecule has 2 aromatic heterocycles. The molecule has 0 bridgehead atoms. The van der Waals surface area contributed by atoms with Crippen molar-refractivity contribution in [3.05, 3.63) is 176 Å². The highest BCUT2D eigenvalue weighted by Gasteiger charge is 2.17. The summed E-state index contributed by atoms with van der Waals surface area (Å²) < 4.78 is 6.38. The molecule has 0 fully saturated rings. The van der Waals surface area contributed by atoms with Gasteiger partial charge in [0.15, 0.2) is 17.5 Å². The first-order valence-corrected chi connectivity index (χ1v) is 16.4. The molecule has 49 heavy (non-hydrogen) atoms. The number of hydrogen-bond donors (Lipinski definition) is 0. The van der Waals surface area contributed by atoms with Crippen molar-refractivity contribution >= 4 is 21.9 Å². The Balaban J connectivity index is 1.11. The normalized spacial score (nSPS) is 11.3. The second-order valence-electron chi connectivity index (χ2n) is 12.1. The van der Waals surface area contributed by atoms with Gasteiger partial charge in [-0.05, 0) is 57.6 Å². The van der Waals surface area contributed by atoms with Crippen LogP contribution in [-0.2, 0) is 0 Å². The average Bonchev–Trinajstić information content (AvgIpc) is 3.57. The summed E-state index contributed by atoms with van der Waals surface area (Å²) in [7, 11) is 0. The van der Waals surface area contributed by atoms with E-state index in [1.807, 2.05) is 84.9 Å². The van der Waals surface area contributed by atoms with Crippen LogP contribution < -0.4 is 0 Å². The lowest BCUT2D eigenvalue weighted by molar-refractivity contribution is 0.669. The number of hydrogen-bond acceptors (Lipinski definition) is 4. The molecule has 0 unspecified atom stereocenters. The highest BCUT2D eigenvalue weighted by Crippen LogP contribution is 2.39. The van der Waals surface area contributed by atoms with Crippen LogP contribution in [0.1, 0.15) is 0 Å². The Morgan fingerprint density at radius 2 is 0.735 bits per heavy atom. The minimum Gasteiger partial charge on any atom is -0.456 e. The number of benzene rings is 7. The fourth-order valence-corrected chi connectivity index (χ4v) is 6.47. The summed E-state index contributed by atoms with van der Waals surface area (Å²) in [5.41, 5.74) is 11.5. The van der Waals surface area contributed by atoms with Crippen LogP contribution in [-0.4, -0.2) is 15.0 Å². The van der Waals surface area contributed by atoms with Crippen molar-refractivity contribution in [1.29, 1.82) is 0 Å². The molecule has 0 aliphatic carbocycles. The van der Waals surface area contributed by atoms with E-state index in [-0.39, 0.29) is 0 Å². The summed E-state index contributed by atoms with van der Waals surface area (Å²) in [5, 5.41) is 2.09. The van der Waals surface area contributed by atoms with E-state index in [0.717, 1.165) is 49.8 Å². The van der Waals surface area contributed by atoms with Crippen molar-refractivity contribution in [1.82, 2.24) is 15.0 Å². The molecule has 0 radical (unpaired) electrons. The van der Waals surface area contributed by atoms with E-state index >= 15 is 0 Å². The lowest BCUT2D eigenvalue weighted by atomic mass is 9.96. The zero-order valence-electron chi connectivity index (χ0n) is 26.5. The van der Waals surface area contributed by atoms with Crippen molar-refractivity contribution in [3.8, 4) is 67.5 Å². The standard InChI is InChI=1S/C45H29N3O/c1-4-11-30(12-5-1)31-19-21-32(22-20-31)33-23-25-34(26-24-33)38-17-10-18-41-42(38)39-29-37(27-28-40(39)49-41)45-47-43(35-13-6-2-7-14-35)46-44(48-45)36-15-8-3-9-16-36/h1-29H. The predicted octanol–water partition coefficient (Wildman–Crippen LogP) is 11.8. The molecule has 0 N–H and O–H groups in total. The van der Waals surface area contributed by atoms with Crippen molar-refractivity contribution in [2.24, 2.45) is 0 Å². The topological polar surface area (TPSA) is 51.8 Å². The summed E-state index contributed by atoms with van der Waals surface area (Å²) in [5.74, 6) is 1.89. The second kappa shape index (κ2) is 12.2. The highest BCUT2D eigenvalue weighted by atomic mass is 16.3. The average molecular weight is 628 g/mol. The van der Waals surface area contributed by atoms with Gasteiger partial charge in [0.05, 0.1) is 0 Å². The Morgan fingerprint density at radius 3 is 1.27 bits per heavy atom. The van der Waals surface area contributed by atoms with Gasteiger partial charge in [-0.25, -0.2) is 15.0 Å². The van der Waals surface area contributed by atoms with Gasteiger partial charge in [0.1, 0.15) is 11.2 Å². The number of furan rings is 1. The first kappa shape index (κ1) is 28.6. The van der Waals surface area contributed by atoms with E-state index in [1.54, 1.807) is 0 Å². The maximum atomic E-state index is 6.38. The Hall–Kier alpha value is -6.65. The van der Waals surface area contributed by atoms with Crippen LogP contribution in [0, 0.1) is 0 Å². The van der Waals surface area contributed by atoms with Crippen LogP contribution in [0.15, 0.2) is 180 Å². The SMILES string of the molecule is c1ccc(-c2ccc(-c3ccc(-c4cccc5oc6ccc(-c7nc(-c8ccccc8)nc(-c8ccccc8)n7)cc6c45)cc3)cc2)cc1.